The molecule has 2 aromatic heterocycles. The number of aromatic hydroxyl groups is 1. The van der Waals surface area contributed by atoms with E-state index in [4.69, 9.17) is 25.9 Å². The molecule has 2 aromatic carbocycles. The van der Waals surface area contributed by atoms with Crippen molar-refractivity contribution in [2.75, 3.05) is 31.1 Å². The van der Waals surface area contributed by atoms with E-state index in [9.17, 15) is 13.9 Å². The minimum atomic E-state index is -0.921. The number of anilines is 1. The molecule has 0 unspecified atom stereocenters. The lowest BCUT2D eigenvalue weighted by Gasteiger charge is -2.47. The summed E-state index contributed by atoms with van der Waals surface area (Å²) in [5.74, 6) is 1.50. The van der Waals surface area contributed by atoms with Crippen molar-refractivity contribution in [1.29, 1.82) is 0 Å². The Morgan fingerprint density at radius 1 is 1.07 bits per heavy atom. The Balaban J connectivity index is 1.27. The van der Waals surface area contributed by atoms with Crippen molar-refractivity contribution >= 4 is 27.5 Å². The number of hydrogen-bond donors (Lipinski definition) is 1. The highest BCUT2D eigenvalue weighted by Gasteiger charge is 2.54. The largest absolute Gasteiger partial charge is 0.508 e. The number of fused-ring (bicyclic) bond motifs is 5. The molecular formula is C35H32F3N5O3. The molecule has 0 bridgehead atoms. The highest BCUT2D eigenvalue weighted by molar-refractivity contribution is 6.04. The van der Waals surface area contributed by atoms with Gasteiger partial charge < -0.3 is 19.5 Å². The molecule has 0 amide bonds. The number of pyridine rings is 1. The first-order chi connectivity index (χ1) is 22.3. The minimum Gasteiger partial charge on any atom is -0.508 e. The smallest absolute Gasteiger partial charge is 0.319 e. The van der Waals surface area contributed by atoms with E-state index in [0.29, 0.717) is 36.1 Å². The molecule has 11 heteroatoms. The van der Waals surface area contributed by atoms with Gasteiger partial charge in [0.15, 0.2) is 5.82 Å². The van der Waals surface area contributed by atoms with Crippen LogP contribution in [0.15, 0.2) is 24.3 Å². The number of phenolic OH excluding ortho intramolecular Hbond substituents is 1. The van der Waals surface area contributed by atoms with Gasteiger partial charge in [0, 0.05) is 30.5 Å². The Morgan fingerprint density at radius 2 is 1.93 bits per heavy atom. The molecule has 5 aliphatic rings. The maximum Gasteiger partial charge on any atom is 0.319 e. The van der Waals surface area contributed by atoms with Gasteiger partial charge >= 0.3 is 6.01 Å². The third-order valence-electron chi connectivity index (χ3n) is 11.0. The predicted molar refractivity (Wildman–Crippen MR) is 166 cm³/mol. The van der Waals surface area contributed by atoms with Crippen molar-refractivity contribution in [3.63, 3.8) is 0 Å². The van der Waals surface area contributed by atoms with Crippen LogP contribution in [0.25, 0.3) is 32.9 Å². The van der Waals surface area contributed by atoms with Crippen LogP contribution in [0.1, 0.15) is 56.9 Å². The standard InChI is InChI=1S/C35H32F3N5O3/c1-2-22-24(37)8-7-19-14-21(44)15-23(26(19)22)29-28(38)30-27-31(43-13-3-6-25(43)35(10-4-11-35)46-32(27)39-29)41-33(40-30)45-18-34-9-5-12-42(34)17-20(36)16-34/h1,7-8,14-15,20,25,44H,3-6,9-13,16-18H2/t20-,25+,34+/m1/s1. The monoisotopic (exact) mass is 627 g/mol. The van der Waals surface area contributed by atoms with E-state index >= 15 is 4.39 Å². The maximum absolute atomic E-state index is 17.1. The van der Waals surface area contributed by atoms with E-state index in [1.54, 1.807) is 0 Å². The normalized spacial score (nSPS) is 26.1. The first-order valence-electron chi connectivity index (χ1n) is 16.1. The molecule has 9 rings (SSSR count). The molecule has 4 aliphatic heterocycles. The molecule has 3 saturated heterocycles. The Kier molecular flexibility index (Phi) is 5.99. The third-order valence-corrected chi connectivity index (χ3v) is 11.0. The molecule has 1 N–H and O–H groups in total. The number of phenols is 1. The van der Waals surface area contributed by atoms with E-state index in [-0.39, 0.29) is 58.0 Å². The average molecular weight is 628 g/mol. The second kappa shape index (κ2) is 9.85. The van der Waals surface area contributed by atoms with Gasteiger partial charge in [0.25, 0.3) is 0 Å². The van der Waals surface area contributed by atoms with Gasteiger partial charge in [0.2, 0.25) is 5.88 Å². The van der Waals surface area contributed by atoms with Gasteiger partial charge in [-0.25, -0.2) is 18.2 Å². The fourth-order valence-corrected chi connectivity index (χ4v) is 8.82. The van der Waals surface area contributed by atoms with Crippen LogP contribution in [0.3, 0.4) is 0 Å². The molecule has 6 heterocycles. The summed E-state index contributed by atoms with van der Waals surface area (Å²) >= 11 is 0. The lowest BCUT2D eigenvalue weighted by atomic mass is 9.73. The zero-order valence-electron chi connectivity index (χ0n) is 25.2. The summed E-state index contributed by atoms with van der Waals surface area (Å²) in [6.45, 7) is 2.10. The average Bonchev–Trinajstić information content (AvgIpc) is 3.71. The van der Waals surface area contributed by atoms with Crippen LogP contribution < -0.4 is 14.4 Å². The van der Waals surface area contributed by atoms with Crippen molar-refractivity contribution in [1.82, 2.24) is 19.9 Å². The van der Waals surface area contributed by atoms with Crippen LogP contribution in [-0.4, -0.2) is 74.6 Å². The van der Waals surface area contributed by atoms with E-state index in [1.165, 1.54) is 24.3 Å². The zero-order valence-corrected chi connectivity index (χ0v) is 25.2. The van der Waals surface area contributed by atoms with Gasteiger partial charge in [-0.2, -0.15) is 9.97 Å². The van der Waals surface area contributed by atoms with Crippen LogP contribution in [0.5, 0.6) is 17.6 Å². The van der Waals surface area contributed by atoms with Gasteiger partial charge in [-0.15, -0.1) is 6.42 Å². The summed E-state index contributed by atoms with van der Waals surface area (Å²) in [4.78, 5) is 18.6. The van der Waals surface area contributed by atoms with E-state index < -0.39 is 28.9 Å². The molecule has 0 radical (unpaired) electrons. The minimum absolute atomic E-state index is 0.000585. The number of nitrogens with zero attached hydrogens (tertiary/aromatic N) is 5. The summed E-state index contributed by atoms with van der Waals surface area (Å²) in [7, 11) is 0. The predicted octanol–water partition coefficient (Wildman–Crippen LogP) is 6.05. The molecule has 236 valence electrons. The van der Waals surface area contributed by atoms with Crippen molar-refractivity contribution in [2.24, 2.45) is 0 Å². The van der Waals surface area contributed by atoms with Crippen LogP contribution in [0, 0.1) is 24.0 Å². The van der Waals surface area contributed by atoms with Crippen molar-refractivity contribution in [2.45, 2.75) is 74.7 Å². The second-order valence-corrected chi connectivity index (χ2v) is 13.5. The summed E-state index contributed by atoms with van der Waals surface area (Å²) < 4.78 is 59.6. The molecule has 3 atom stereocenters. The lowest BCUT2D eigenvalue weighted by molar-refractivity contribution is -0.0291. The van der Waals surface area contributed by atoms with Crippen LogP contribution >= 0.6 is 0 Å². The quantitative estimate of drug-likeness (QED) is 0.274. The molecule has 1 aliphatic carbocycles. The highest BCUT2D eigenvalue weighted by atomic mass is 19.1. The first-order valence-corrected chi connectivity index (χ1v) is 16.1. The van der Waals surface area contributed by atoms with Crippen LogP contribution in [-0.2, 0) is 0 Å². The summed E-state index contributed by atoms with van der Waals surface area (Å²) in [6, 6.07) is 5.51. The number of benzene rings is 2. The van der Waals surface area contributed by atoms with E-state index in [1.807, 2.05) is 0 Å². The fourth-order valence-electron chi connectivity index (χ4n) is 8.82. The second-order valence-electron chi connectivity index (χ2n) is 13.5. The number of rotatable bonds is 4. The summed E-state index contributed by atoms with van der Waals surface area (Å²) in [5.41, 5.74) is -1.12. The molecule has 8 nitrogen and oxygen atoms in total. The number of terminal acetylenes is 1. The Hall–Kier alpha value is -4.30. The van der Waals surface area contributed by atoms with Gasteiger partial charge in [0.05, 0.1) is 17.1 Å². The van der Waals surface area contributed by atoms with Crippen molar-refractivity contribution in [3.8, 4) is 41.2 Å². The molecule has 4 aromatic rings. The Morgan fingerprint density at radius 3 is 2.74 bits per heavy atom. The molecule has 1 saturated carbocycles. The van der Waals surface area contributed by atoms with Gasteiger partial charge in [-0.1, -0.05) is 12.0 Å². The number of alkyl halides is 1. The van der Waals surface area contributed by atoms with E-state index in [2.05, 4.69) is 20.7 Å². The molecule has 1 spiro atoms. The summed E-state index contributed by atoms with van der Waals surface area (Å²) in [6.07, 6.45) is 11.4. The molecule has 4 fully saturated rings. The number of hydrogen-bond acceptors (Lipinski definition) is 8. The number of halogens is 3. The summed E-state index contributed by atoms with van der Waals surface area (Å²) in [5, 5.41) is 11.7. The number of ether oxygens (including phenoxy) is 2. The van der Waals surface area contributed by atoms with Crippen molar-refractivity contribution < 1.29 is 27.8 Å². The van der Waals surface area contributed by atoms with Gasteiger partial charge in [-0.05, 0) is 75.1 Å². The van der Waals surface area contributed by atoms with Crippen LogP contribution in [0.4, 0.5) is 19.0 Å². The molecule has 46 heavy (non-hydrogen) atoms. The fraction of sp³-hybridized carbons (Fsp3) is 0.457. The zero-order chi connectivity index (χ0) is 31.4. The highest BCUT2D eigenvalue weighted by Crippen LogP contribution is 2.52. The molecular weight excluding hydrogens is 595 g/mol. The maximum atomic E-state index is 17.1. The van der Waals surface area contributed by atoms with Crippen LogP contribution in [0.2, 0.25) is 0 Å². The van der Waals surface area contributed by atoms with Gasteiger partial charge in [-0.3, -0.25) is 4.90 Å². The third kappa shape index (κ3) is 3.89. The number of aromatic nitrogens is 3. The first kappa shape index (κ1) is 28.0. The lowest BCUT2D eigenvalue weighted by Crippen LogP contribution is -2.57. The Bertz CT molecular complexity index is 1990. The van der Waals surface area contributed by atoms with Gasteiger partial charge in [0.1, 0.15) is 52.4 Å². The Labute approximate surface area is 263 Å². The topological polar surface area (TPSA) is 83.8 Å². The van der Waals surface area contributed by atoms with Crippen molar-refractivity contribution in [3.05, 3.63) is 41.5 Å². The van der Waals surface area contributed by atoms with E-state index in [0.717, 1.165) is 51.5 Å². The SMILES string of the molecule is C#Cc1c(F)ccc2cc(O)cc(-c3nc4c5c(nc(OC[C@@]67CCCN6C[C@H](F)C7)nc5c3F)N3CCC[C@H]3C3(CCC3)O4)c12.